The Bertz CT molecular complexity index is 411. The number of benzene rings is 1. The second-order valence-corrected chi connectivity index (χ2v) is 4.68. The van der Waals surface area contributed by atoms with Crippen LogP contribution in [0, 0.1) is 0 Å². The number of halogens is 1. The standard InChI is InChI=1S/C9H10NS2.ClH/c1-10-7-5-3-4-6-8(7)12-9(10)11-2;/h3-6H,1-2H3;1H/q+1;/p-1. The fraction of sp³-hybridized carbons (Fsp3) is 0.222. The lowest BCUT2D eigenvalue weighted by molar-refractivity contribution is -0.676. The zero-order valence-corrected chi connectivity index (χ0v) is 9.84. The lowest BCUT2D eigenvalue weighted by Crippen LogP contribution is -3.00. The first-order valence-corrected chi connectivity index (χ1v) is 5.78. The molecule has 1 nitrogen and oxygen atoms in total. The van der Waals surface area contributed by atoms with E-state index in [2.05, 4.69) is 42.1 Å². The molecular weight excluding hydrogens is 222 g/mol. The van der Waals surface area contributed by atoms with Crippen molar-refractivity contribution in [2.75, 3.05) is 6.26 Å². The van der Waals surface area contributed by atoms with E-state index in [-0.39, 0.29) is 12.4 Å². The van der Waals surface area contributed by atoms with Gasteiger partial charge in [-0.3, -0.25) is 0 Å². The first-order chi connectivity index (χ1) is 5.83. The van der Waals surface area contributed by atoms with E-state index in [1.54, 1.807) is 11.8 Å². The topological polar surface area (TPSA) is 3.88 Å². The van der Waals surface area contributed by atoms with Crippen molar-refractivity contribution in [1.82, 2.24) is 0 Å². The van der Waals surface area contributed by atoms with Gasteiger partial charge in [-0.25, -0.2) is 0 Å². The van der Waals surface area contributed by atoms with Gasteiger partial charge in [-0.2, -0.15) is 4.57 Å². The maximum Gasteiger partial charge on any atom is 0.297 e. The summed E-state index contributed by atoms with van der Waals surface area (Å²) in [6.07, 6.45) is 2.12. The molecule has 1 aromatic heterocycles. The first-order valence-electron chi connectivity index (χ1n) is 3.74. The molecule has 0 atom stereocenters. The van der Waals surface area contributed by atoms with Gasteiger partial charge in [-0.05, 0) is 24.1 Å². The minimum Gasteiger partial charge on any atom is -1.00 e. The first kappa shape index (κ1) is 10.8. The quantitative estimate of drug-likeness (QED) is 0.471. The maximum atomic E-state index is 2.24. The van der Waals surface area contributed by atoms with Crippen LogP contribution in [0.1, 0.15) is 0 Å². The Morgan fingerprint density at radius 1 is 1.31 bits per heavy atom. The molecule has 0 fully saturated rings. The highest BCUT2D eigenvalue weighted by Crippen LogP contribution is 2.25. The molecule has 2 aromatic rings. The van der Waals surface area contributed by atoms with Crippen LogP contribution in [0.5, 0.6) is 0 Å². The second kappa shape index (κ2) is 4.31. The monoisotopic (exact) mass is 231 g/mol. The molecule has 70 valence electrons. The summed E-state index contributed by atoms with van der Waals surface area (Å²) < 4.78 is 4.96. The van der Waals surface area contributed by atoms with Crippen molar-refractivity contribution in [1.29, 1.82) is 0 Å². The number of rotatable bonds is 1. The Labute approximate surface area is 92.2 Å². The van der Waals surface area contributed by atoms with E-state index < -0.39 is 0 Å². The summed E-state index contributed by atoms with van der Waals surface area (Å²) in [5.41, 5.74) is 1.33. The Hall–Kier alpha value is -0.250. The van der Waals surface area contributed by atoms with Crippen molar-refractivity contribution in [2.24, 2.45) is 7.05 Å². The highest BCUT2D eigenvalue weighted by atomic mass is 35.5. The number of nitrogens with zero attached hydrogens (tertiary/aromatic N) is 1. The highest BCUT2D eigenvalue weighted by Gasteiger charge is 2.14. The third-order valence-corrected chi connectivity index (χ3v) is 4.26. The van der Waals surface area contributed by atoms with E-state index in [1.165, 1.54) is 14.6 Å². The molecule has 4 heteroatoms. The van der Waals surface area contributed by atoms with E-state index in [0.717, 1.165) is 0 Å². The van der Waals surface area contributed by atoms with E-state index in [1.807, 2.05) is 11.3 Å². The van der Waals surface area contributed by atoms with Gasteiger partial charge in [0.1, 0.15) is 11.7 Å². The molecule has 2 rings (SSSR count). The van der Waals surface area contributed by atoms with Crippen LogP contribution >= 0.6 is 23.1 Å². The summed E-state index contributed by atoms with van der Waals surface area (Å²) in [7, 11) is 2.12. The van der Waals surface area contributed by atoms with Gasteiger partial charge >= 0.3 is 0 Å². The average Bonchev–Trinajstić information content (AvgIpc) is 2.44. The number of fused-ring (bicyclic) bond motifs is 1. The zero-order chi connectivity index (χ0) is 8.55. The Morgan fingerprint density at radius 3 is 2.62 bits per heavy atom. The van der Waals surface area contributed by atoms with Crippen LogP contribution in [0.15, 0.2) is 28.6 Å². The van der Waals surface area contributed by atoms with Crippen molar-refractivity contribution in [3.8, 4) is 0 Å². The highest BCUT2D eigenvalue weighted by molar-refractivity contribution is 8.00. The number of aromatic nitrogens is 1. The molecule has 1 heterocycles. The van der Waals surface area contributed by atoms with Gasteiger partial charge in [0, 0.05) is 6.07 Å². The summed E-state index contributed by atoms with van der Waals surface area (Å²) in [4.78, 5) is 0. The maximum absolute atomic E-state index is 2.24. The molecule has 1 aromatic carbocycles. The Morgan fingerprint density at radius 2 is 2.00 bits per heavy atom. The minimum absolute atomic E-state index is 0. The molecule has 0 amide bonds. The number of aryl methyl sites for hydroxylation is 1. The molecule has 0 aliphatic carbocycles. The van der Waals surface area contributed by atoms with Crippen molar-refractivity contribution in [3.05, 3.63) is 24.3 Å². The van der Waals surface area contributed by atoms with Crippen LogP contribution in [0.3, 0.4) is 0 Å². The summed E-state index contributed by atoms with van der Waals surface area (Å²) in [6.45, 7) is 0. The van der Waals surface area contributed by atoms with Crippen LogP contribution in [0.2, 0.25) is 0 Å². The van der Waals surface area contributed by atoms with Crippen molar-refractivity contribution >= 4 is 33.3 Å². The van der Waals surface area contributed by atoms with Crippen molar-refractivity contribution in [2.45, 2.75) is 4.34 Å². The Balaban J connectivity index is 0.000000845. The summed E-state index contributed by atoms with van der Waals surface area (Å²) in [5, 5.41) is 0. The summed E-state index contributed by atoms with van der Waals surface area (Å²) in [6, 6.07) is 8.49. The van der Waals surface area contributed by atoms with Crippen LogP contribution < -0.4 is 17.0 Å². The minimum atomic E-state index is 0. The van der Waals surface area contributed by atoms with E-state index >= 15 is 0 Å². The van der Waals surface area contributed by atoms with Crippen molar-refractivity contribution in [3.63, 3.8) is 0 Å². The average molecular weight is 232 g/mol. The fourth-order valence-electron chi connectivity index (χ4n) is 1.26. The van der Waals surface area contributed by atoms with Gasteiger partial charge in [-0.15, -0.1) is 0 Å². The molecule has 0 aliphatic heterocycles. The van der Waals surface area contributed by atoms with E-state index in [0.29, 0.717) is 0 Å². The molecule has 0 spiro atoms. The van der Waals surface area contributed by atoms with Gasteiger partial charge < -0.3 is 12.4 Å². The molecule has 0 bridgehead atoms. The molecule has 0 radical (unpaired) electrons. The SMILES string of the molecule is CSc1sc2ccccc2[n+]1C.[Cl-]. The largest absolute Gasteiger partial charge is 1.00 e. The van der Waals surface area contributed by atoms with Gasteiger partial charge in [-0.1, -0.05) is 23.5 Å². The fourth-order valence-corrected chi connectivity index (χ4v) is 3.11. The Kier molecular flexibility index (Phi) is 3.59. The van der Waals surface area contributed by atoms with Gasteiger partial charge in [0.2, 0.25) is 5.52 Å². The van der Waals surface area contributed by atoms with E-state index in [4.69, 9.17) is 0 Å². The third-order valence-electron chi connectivity index (χ3n) is 1.87. The summed E-state index contributed by atoms with van der Waals surface area (Å²) >= 11 is 3.65. The smallest absolute Gasteiger partial charge is 0.297 e. The zero-order valence-electron chi connectivity index (χ0n) is 7.45. The van der Waals surface area contributed by atoms with Crippen LogP contribution in [-0.4, -0.2) is 6.26 Å². The van der Waals surface area contributed by atoms with Gasteiger partial charge in [0.25, 0.3) is 4.34 Å². The lowest BCUT2D eigenvalue weighted by atomic mass is 10.3. The predicted octanol–water partition coefficient (Wildman–Crippen LogP) is -0.548. The van der Waals surface area contributed by atoms with Gasteiger partial charge in [0.15, 0.2) is 0 Å². The number of hydrogen-bond acceptors (Lipinski definition) is 2. The number of thiazole rings is 1. The molecule has 0 saturated heterocycles. The van der Waals surface area contributed by atoms with Crippen LogP contribution in [0.25, 0.3) is 10.2 Å². The molecule has 13 heavy (non-hydrogen) atoms. The molecule has 0 unspecified atom stereocenters. The second-order valence-electron chi connectivity index (χ2n) is 2.60. The number of para-hydroxylation sites is 1. The lowest BCUT2D eigenvalue weighted by Gasteiger charge is -1.84. The molecule has 0 N–H and O–H groups in total. The molecule has 0 aliphatic rings. The van der Waals surface area contributed by atoms with Crippen LogP contribution in [-0.2, 0) is 7.05 Å². The van der Waals surface area contributed by atoms with Gasteiger partial charge in [0.05, 0.1) is 0 Å². The summed E-state index contributed by atoms with van der Waals surface area (Å²) in [5.74, 6) is 0. The number of thioether (sulfide) groups is 1. The third kappa shape index (κ3) is 1.82. The normalized spacial score (nSPS) is 10.0. The van der Waals surface area contributed by atoms with Crippen molar-refractivity contribution < 1.29 is 17.0 Å². The predicted molar refractivity (Wildman–Crippen MR) is 54.8 cm³/mol. The molecule has 0 saturated carbocycles. The molecular formula is C9H10ClNS2. The number of hydrogen-bond donors (Lipinski definition) is 0. The van der Waals surface area contributed by atoms with Crippen LogP contribution in [0.4, 0.5) is 0 Å². The van der Waals surface area contributed by atoms with E-state index in [9.17, 15) is 0 Å².